The first kappa shape index (κ1) is 14.4. The second-order valence-electron chi connectivity index (χ2n) is 6.43. The van der Waals surface area contributed by atoms with Gasteiger partial charge in [0, 0.05) is 23.5 Å². The zero-order valence-corrected chi connectivity index (χ0v) is 13.2. The predicted molar refractivity (Wildman–Crippen MR) is 88.5 cm³/mol. The van der Waals surface area contributed by atoms with Crippen LogP contribution in [0.25, 0.3) is 0 Å². The molecule has 0 spiro atoms. The van der Waals surface area contributed by atoms with Gasteiger partial charge in [0.2, 0.25) is 0 Å². The minimum Gasteiger partial charge on any atom is -0.346 e. The minimum atomic E-state index is 0.245. The van der Waals surface area contributed by atoms with Gasteiger partial charge in [-0.2, -0.15) is 0 Å². The smallest absolute Gasteiger partial charge is 0.0313 e. The molecule has 2 N–H and O–H groups in total. The summed E-state index contributed by atoms with van der Waals surface area (Å²) in [6, 6.07) is 13.9. The van der Waals surface area contributed by atoms with Crippen LogP contribution >= 0.6 is 0 Å². The molecule has 1 aromatic carbocycles. The predicted octanol–water partition coefficient (Wildman–Crippen LogP) is 4.33. The molecule has 3 rings (SSSR count). The fourth-order valence-electron chi connectivity index (χ4n) is 3.72. The molecule has 1 heterocycles. The molecule has 2 unspecified atom stereocenters. The molecule has 0 radical (unpaired) electrons. The van der Waals surface area contributed by atoms with Crippen molar-refractivity contribution < 1.29 is 0 Å². The molecule has 1 aromatic heterocycles. The Hall–Kier alpha value is -1.54. The van der Waals surface area contributed by atoms with Gasteiger partial charge in [-0.1, -0.05) is 30.3 Å². The van der Waals surface area contributed by atoms with E-state index in [9.17, 15) is 0 Å². The molecule has 0 aliphatic heterocycles. The van der Waals surface area contributed by atoms with Crippen LogP contribution in [0.2, 0.25) is 0 Å². The maximum atomic E-state index is 6.28. The van der Waals surface area contributed by atoms with Gasteiger partial charge in [0.05, 0.1) is 0 Å². The number of aromatic nitrogens is 1. The van der Waals surface area contributed by atoms with Gasteiger partial charge < -0.3 is 10.3 Å². The van der Waals surface area contributed by atoms with Crippen molar-refractivity contribution in [1.82, 2.24) is 4.57 Å². The van der Waals surface area contributed by atoms with E-state index in [4.69, 9.17) is 5.73 Å². The van der Waals surface area contributed by atoms with E-state index in [2.05, 4.69) is 54.8 Å². The molecule has 0 bridgehead atoms. The summed E-state index contributed by atoms with van der Waals surface area (Å²) in [7, 11) is 0. The Kier molecular flexibility index (Phi) is 4.16. The number of aryl methyl sites for hydroxylation is 2. The third-order valence-electron chi connectivity index (χ3n) is 4.83. The molecule has 0 fully saturated rings. The van der Waals surface area contributed by atoms with Crippen molar-refractivity contribution >= 4 is 0 Å². The summed E-state index contributed by atoms with van der Waals surface area (Å²) in [5.74, 6) is 0. The second-order valence-corrected chi connectivity index (χ2v) is 6.43. The van der Waals surface area contributed by atoms with Gasteiger partial charge in [-0.15, -0.1) is 0 Å². The van der Waals surface area contributed by atoms with Crippen LogP contribution in [0.1, 0.15) is 60.8 Å². The fraction of sp³-hybridized carbons (Fsp3) is 0.474. The first-order valence-electron chi connectivity index (χ1n) is 8.17. The number of benzene rings is 1. The standard InChI is InChI=1S/C19H26N2/c1-14(11-12-16-7-4-3-5-8-16)21-15(2)13-17-18(20)9-6-10-19(17)21/h3-5,7-8,13-14,18H,6,9-12,20H2,1-2H3. The highest BCUT2D eigenvalue weighted by atomic mass is 15.0. The highest BCUT2D eigenvalue weighted by molar-refractivity contribution is 5.33. The van der Waals surface area contributed by atoms with Crippen molar-refractivity contribution in [3.63, 3.8) is 0 Å². The highest BCUT2D eigenvalue weighted by Gasteiger charge is 2.23. The van der Waals surface area contributed by atoms with Crippen LogP contribution in [0.3, 0.4) is 0 Å². The minimum absolute atomic E-state index is 0.245. The summed E-state index contributed by atoms with van der Waals surface area (Å²) < 4.78 is 2.54. The van der Waals surface area contributed by atoms with Crippen LogP contribution in [0.15, 0.2) is 36.4 Å². The van der Waals surface area contributed by atoms with Crippen LogP contribution in [-0.2, 0) is 12.8 Å². The average Bonchev–Trinajstić information content (AvgIpc) is 2.84. The normalized spacial score (nSPS) is 19.3. The van der Waals surface area contributed by atoms with Gasteiger partial charge in [0.15, 0.2) is 0 Å². The Balaban J connectivity index is 1.77. The zero-order chi connectivity index (χ0) is 14.8. The second kappa shape index (κ2) is 6.07. The lowest BCUT2D eigenvalue weighted by atomic mass is 9.93. The van der Waals surface area contributed by atoms with Crippen molar-refractivity contribution in [3.8, 4) is 0 Å². The Morgan fingerprint density at radius 2 is 2.05 bits per heavy atom. The molecule has 1 aliphatic carbocycles. The van der Waals surface area contributed by atoms with E-state index < -0.39 is 0 Å². The molecule has 2 heteroatoms. The fourth-order valence-corrected chi connectivity index (χ4v) is 3.72. The third kappa shape index (κ3) is 2.91. The molecule has 1 aliphatic rings. The Labute approximate surface area is 128 Å². The van der Waals surface area contributed by atoms with Gasteiger partial charge in [-0.25, -0.2) is 0 Å². The molecule has 112 valence electrons. The maximum absolute atomic E-state index is 6.28. The van der Waals surface area contributed by atoms with E-state index >= 15 is 0 Å². The topological polar surface area (TPSA) is 30.9 Å². The molecular weight excluding hydrogens is 256 g/mol. The van der Waals surface area contributed by atoms with Crippen molar-refractivity contribution in [2.45, 2.75) is 58.0 Å². The van der Waals surface area contributed by atoms with E-state index in [1.165, 1.54) is 41.8 Å². The number of nitrogens with zero attached hydrogens (tertiary/aromatic N) is 1. The summed E-state index contributed by atoms with van der Waals surface area (Å²) in [4.78, 5) is 0. The molecular formula is C19H26N2. The average molecular weight is 282 g/mol. The summed E-state index contributed by atoms with van der Waals surface area (Å²) in [6.07, 6.45) is 5.87. The largest absolute Gasteiger partial charge is 0.346 e. The lowest BCUT2D eigenvalue weighted by molar-refractivity contribution is 0.462. The molecule has 0 saturated carbocycles. The summed E-state index contributed by atoms with van der Waals surface area (Å²) in [6.45, 7) is 4.57. The highest BCUT2D eigenvalue weighted by Crippen LogP contribution is 2.33. The van der Waals surface area contributed by atoms with E-state index in [-0.39, 0.29) is 6.04 Å². The van der Waals surface area contributed by atoms with E-state index in [0.29, 0.717) is 6.04 Å². The number of rotatable bonds is 4. The molecule has 21 heavy (non-hydrogen) atoms. The number of hydrogen-bond donors (Lipinski definition) is 1. The first-order chi connectivity index (χ1) is 10.2. The Bertz CT molecular complexity index is 598. The molecule has 2 atom stereocenters. The summed E-state index contributed by atoms with van der Waals surface area (Å²) in [5.41, 5.74) is 12.0. The van der Waals surface area contributed by atoms with Crippen molar-refractivity contribution in [3.05, 3.63) is 58.9 Å². The summed E-state index contributed by atoms with van der Waals surface area (Å²) in [5, 5.41) is 0. The van der Waals surface area contributed by atoms with Crippen LogP contribution in [0, 0.1) is 6.92 Å². The van der Waals surface area contributed by atoms with Crippen molar-refractivity contribution in [1.29, 1.82) is 0 Å². The first-order valence-corrected chi connectivity index (χ1v) is 8.17. The molecule has 2 aromatic rings. The van der Waals surface area contributed by atoms with Crippen LogP contribution in [0.5, 0.6) is 0 Å². The lowest BCUT2D eigenvalue weighted by Gasteiger charge is -2.25. The van der Waals surface area contributed by atoms with Crippen molar-refractivity contribution in [2.24, 2.45) is 5.73 Å². The van der Waals surface area contributed by atoms with Crippen LogP contribution in [0.4, 0.5) is 0 Å². The maximum Gasteiger partial charge on any atom is 0.0313 e. The molecule has 0 saturated heterocycles. The van der Waals surface area contributed by atoms with Crippen LogP contribution < -0.4 is 5.73 Å². The zero-order valence-electron chi connectivity index (χ0n) is 13.2. The van der Waals surface area contributed by atoms with Gasteiger partial charge >= 0.3 is 0 Å². The quantitative estimate of drug-likeness (QED) is 0.889. The number of hydrogen-bond acceptors (Lipinski definition) is 1. The van der Waals surface area contributed by atoms with E-state index in [1.54, 1.807) is 0 Å². The van der Waals surface area contributed by atoms with Gasteiger partial charge in [-0.3, -0.25) is 0 Å². The molecule has 0 amide bonds. The SMILES string of the molecule is Cc1cc2c(n1C(C)CCc1ccccc1)CCCC2N. The van der Waals surface area contributed by atoms with Gasteiger partial charge in [0.25, 0.3) is 0 Å². The Morgan fingerprint density at radius 1 is 1.29 bits per heavy atom. The third-order valence-corrected chi connectivity index (χ3v) is 4.83. The monoisotopic (exact) mass is 282 g/mol. The van der Waals surface area contributed by atoms with Crippen molar-refractivity contribution in [2.75, 3.05) is 0 Å². The van der Waals surface area contributed by atoms with Crippen LogP contribution in [-0.4, -0.2) is 4.57 Å². The summed E-state index contributed by atoms with van der Waals surface area (Å²) >= 11 is 0. The Morgan fingerprint density at radius 3 is 2.81 bits per heavy atom. The van der Waals surface area contributed by atoms with Gasteiger partial charge in [-0.05, 0) is 63.1 Å². The van der Waals surface area contributed by atoms with E-state index in [0.717, 1.165) is 12.8 Å². The number of fused-ring (bicyclic) bond motifs is 1. The van der Waals surface area contributed by atoms with E-state index in [1.807, 2.05) is 0 Å². The lowest BCUT2D eigenvalue weighted by Crippen LogP contribution is -2.20. The number of nitrogens with two attached hydrogens (primary N) is 1. The van der Waals surface area contributed by atoms with Gasteiger partial charge in [0.1, 0.15) is 0 Å². The molecule has 2 nitrogen and oxygen atoms in total.